The third kappa shape index (κ3) is 4.04. The van der Waals surface area contributed by atoms with Crippen LogP contribution < -0.4 is 5.32 Å². The summed E-state index contributed by atoms with van der Waals surface area (Å²) in [5, 5.41) is 23.3. The molecule has 3 N–H and O–H groups in total. The number of nitrogens with zero attached hydrogens (tertiary/aromatic N) is 1. The van der Waals surface area contributed by atoms with Gasteiger partial charge in [0.1, 0.15) is 11.3 Å². The van der Waals surface area contributed by atoms with E-state index in [1.54, 1.807) is 6.07 Å². The van der Waals surface area contributed by atoms with Gasteiger partial charge >= 0.3 is 5.97 Å². The summed E-state index contributed by atoms with van der Waals surface area (Å²) in [6.07, 6.45) is 2.09. The Balaban J connectivity index is 1.43. The number of aromatic hydroxyl groups is 1. The van der Waals surface area contributed by atoms with Gasteiger partial charge in [-0.3, -0.25) is 0 Å². The molecule has 0 atom stereocenters. The van der Waals surface area contributed by atoms with Crippen LogP contribution in [0.3, 0.4) is 0 Å². The van der Waals surface area contributed by atoms with Crippen molar-refractivity contribution in [3.05, 3.63) is 114 Å². The number of fused-ring (bicyclic) bond motifs is 1. The molecule has 5 heteroatoms. The maximum Gasteiger partial charge on any atom is 0.339 e. The molecule has 0 saturated carbocycles. The van der Waals surface area contributed by atoms with Crippen LogP contribution in [-0.4, -0.2) is 20.7 Å². The van der Waals surface area contributed by atoms with E-state index in [4.69, 9.17) is 0 Å². The molecule has 162 valence electrons. The zero-order chi connectivity index (χ0) is 22.8. The number of rotatable bonds is 6. The molecule has 0 aliphatic heterocycles. The number of hydrogen-bond acceptors (Lipinski definition) is 3. The van der Waals surface area contributed by atoms with Crippen LogP contribution >= 0.6 is 0 Å². The van der Waals surface area contributed by atoms with Gasteiger partial charge in [-0.2, -0.15) is 0 Å². The molecule has 5 rings (SSSR count). The average molecular weight is 434 g/mol. The normalized spacial score (nSPS) is 10.9. The minimum Gasteiger partial charge on any atom is -0.507 e. The number of hydrogen-bond donors (Lipinski definition) is 3. The average Bonchev–Trinajstić information content (AvgIpc) is 3.28. The van der Waals surface area contributed by atoms with Crippen LogP contribution in [-0.2, 0) is 6.54 Å². The van der Waals surface area contributed by atoms with E-state index in [9.17, 15) is 15.0 Å². The van der Waals surface area contributed by atoms with Gasteiger partial charge in [-0.05, 0) is 59.2 Å². The largest absolute Gasteiger partial charge is 0.507 e. The predicted octanol–water partition coefficient (Wildman–Crippen LogP) is 6.31. The molecule has 0 amide bonds. The number of carboxylic acid groups (broad SMARTS) is 1. The molecule has 33 heavy (non-hydrogen) atoms. The zero-order valence-corrected chi connectivity index (χ0v) is 17.8. The molecule has 0 radical (unpaired) electrons. The SMILES string of the molecule is O=C(O)c1cc(NCc2cccc(-n3ccc4c(-c5ccccc5)cccc43)c2)ccc1O. The third-order valence-electron chi connectivity index (χ3n) is 5.73. The van der Waals surface area contributed by atoms with Crippen molar-refractivity contribution in [2.45, 2.75) is 6.54 Å². The minimum absolute atomic E-state index is 0.123. The van der Waals surface area contributed by atoms with E-state index in [1.807, 2.05) is 18.2 Å². The topological polar surface area (TPSA) is 74.5 Å². The highest BCUT2D eigenvalue weighted by molar-refractivity contribution is 5.96. The molecule has 1 heterocycles. The Morgan fingerprint density at radius 2 is 1.67 bits per heavy atom. The summed E-state index contributed by atoms with van der Waals surface area (Å²) in [7, 11) is 0. The van der Waals surface area contributed by atoms with E-state index in [-0.39, 0.29) is 11.3 Å². The Kier molecular flexibility index (Phi) is 5.29. The van der Waals surface area contributed by atoms with Crippen LogP contribution in [0.5, 0.6) is 5.75 Å². The van der Waals surface area contributed by atoms with Crippen LogP contribution in [0, 0.1) is 0 Å². The molecule has 0 aliphatic rings. The van der Waals surface area contributed by atoms with Gasteiger partial charge in [0.05, 0.1) is 5.52 Å². The summed E-state index contributed by atoms with van der Waals surface area (Å²) in [4.78, 5) is 11.3. The second-order valence-corrected chi connectivity index (χ2v) is 7.85. The number of anilines is 1. The van der Waals surface area contributed by atoms with Gasteiger partial charge in [-0.15, -0.1) is 0 Å². The van der Waals surface area contributed by atoms with E-state index >= 15 is 0 Å². The molecular formula is C28H22N2O3. The van der Waals surface area contributed by atoms with Gasteiger partial charge in [0.2, 0.25) is 0 Å². The summed E-state index contributed by atoms with van der Waals surface area (Å²) in [5.74, 6) is -1.41. The van der Waals surface area contributed by atoms with E-state index in [0.29, 0.717) is 12.2 Å². The minimum atomic E-state index is -1.16. The lowest BCUT2D eigenvalue weighted by molar-refractivity contribution is 0.0694. The lowest BCUT2D eigenvalue weighted by Crippen LogP contribution is -2.03. The van der Waals surface area contributed by atoms with Gasteiger partial charge in [0.15, 0.2) is 0 Å². The fourth-order valence-electron chi connectivity index (χ4n) is 4.10. The molecule has 5 nitrogen and oxygen atoms in total. The summed E-state index contributed by atoms with van der Waals surface area (Å²) in [6, 6.07) is 31.6. The Labute approximate surface area is 191 Å². The first-order chi connectivity index (χ1) is 16.1. The molecular weight excluding hydrogens is 412 g/mol. The molecule has 4 aromatic carbocycles. The monoisotopic (exact) mass is 434 g/mol. The van der Waals surface area contributed by atoms with Gasteiger partial charge in [-0.1, -0.05) is 54.6 Å². The van der Waals surface area contributed by atoms with Crippen molar-refractivity contribution < 1.29 is 15.0 Å². The molecule has 0 aliphatic carbocycles. The lowest BCUT2D eigenvalue weighted by atomic mass is 10.0. The van der Waals surface area contributed by atoms with E-state index in [0.717, 1.165) is 16.8 Å². The zero-order valence-electron chi connectivity index (χ0n) is 17.8. The first-order valence-corrected chi connectivity index (χ1v) is 10.6. The number of benzene rings is 4. The number of nitrogens with one attached hydrogen (secondary N) is 1. The van der Waals surface area contributed by atoms with Crippen LogP contribution in [0.15, 0.2) is 103 Å². The first-order valence-electron chi connectivity index (χ1n) is 10.6. The number of aromatic nitrogens is 1. The second-order valence-electron chi connectivity index (χ2n) is 7.85. The highest BCUT2D eigenvalue weighted by Gasteiger charge is 2.11. The van der Waals surface area contributed by atoms with Gasteiger partial charge in [0.25, 0.3) is 0 Å². The Hall–Kier alpha value is -4.51. The summed E-state index contributed by atoms with van der Waals surface area (Å²) in [6.45, 7) is 0.520. The van der Waals surface area contributed by atoms with Crippen molar-refractivity contribution in [1.29, 1.82) is 0 Å². The Morgan fingerprint density at radius 3 is 2.48 bits per heavy atom. The van der Waals surface area contributed by atoms with Crippen molar-refractivity contribution in [1.82, 2.24) is 4.57 Å². The third-order valence-corrected chi connectivity index (χ3v) is 5.73. The number of carboxylic acids is 1. The number of carbonyl (C=O) groups is 1. The van der Waals surface area contributed by atoms with Crippen LogP contribution in [0.2, 0.25) is 0 Å². The molecule has 0 unspecified atom stereocenters. The highest BCUT2D eigenvalue weighted by atomic mass is 16.4. The second kappa shape index (κ2) is 8.55. The van der Waals surface area contributed by atoms with Crippen molar-refractivity contribution >= 4 is 22.6 Å². The molecule has 0 bridgehead atoms. The van der Waals surface area contributed by atoms with Gasteiger partial charge < -0.3 is 20.1 Å². The molecule has 0 spiro atoms. The van der Waals surface area contributed by atoms with E-state index in [2.05, 4.69) is 76.7 Å². The van der Waals surface area contributed by atoms with Crippen molar-refractivity contribution in [3.63, 3.8) is 0 Å². The number of phenols is 1. The van der Waals surface area contributed by atoms with Crippen LogP contribution in [0.1, 0.15) is 15.9 Å². The first kappa shape index (κ1) is 20.4. The summed E-state index contributed by atoms with van der Waals surface area (Å²) < 4.78 is 2.17. The maximum absolute atomic E-state index is 11.3. The molecule has 5 aromatic rings. The van der Waals surface area contributed by atoms with Crippen LogP contribution in [0.4, 0.5) is 5.69 Å². The van der Waals surface area contributed by atoms with Crippen molar-refractivity contribution in [2.75, 3.05) is 5.32 Å². The fourth-order valence-corrected chi connectivity index (χ4v) is 4.10. The van der Waals surface area contributed by atoms with E-state index in [1.165, 1.54) is 28.6 Å². The summed E-state index contributed by atoms with van der Waals surface area (Å²) >= 11 is 0. The van der Waals surface area contributed by atoms with Crippen molar-refractivity contribution in [3.8, 4) is 22.6 Å². The van der Waals surface area contributed by atoms with Crippen molar-refractivity contribution in [2.24, 2.45) is 0 Å². The maximum atomic E-state index is 11.3. The standard InChI is InChI=1S/C28H22N2O3/c31-27-13-12-21(17-25(27)28(32)33)29-18-19-6-4-9-22(16-19)30-15-14-24-23(10-5-11-26(24)30)20-7-2-1-3-8-20/h1-17,29,31H,18H2,(H,32,33). The number of aromatic carboxylic acids is 1. The smallest absolute Gasteiger partial charge is 0.339 e. The van der Waals surface area contributed by atoms with Crippen LogP contribution in [0.25, 0.3) is 27.7 Å². The predicted molar refractivity (Wildman–Crippen MR) is 131 cm³/mol. The van der Waals surface area contributed by atoms with E-state index < -0.39 is 5.97 Å². The summed E-state index contributed by atoms with van der Waals surface area (Å²) in [5.41, 5.74) is 6.13. The van der Waals surface area contributed by atoms with Gasteiger partial charge in [0, 0.05) is 29.5 Å². The molecule has 1 aromatic heterocycles. The lowest BCUT2D eigenvalue weighted by Gasteiger charge is -2.11. The Morgan fingerprint density at radius 1 is 0.848 bits per heavy atom. The quantitative estimate of drug-likeness (QED) is 0.274. The fraction of sp³-hybridized carbons (Fsp3) is 0.0357. The van der Waals surface area contributed by atoms with Gasteiger partial charge in [-0.25, -0.2) is 4.79 Å². The molecule has 0 saturated heterocycles. The highest BCUT2D eigenvalue weighted by Crippen LogP contribution is 2.31. The Bertz CT molecular complexity index is 1460. The molecule has 0 fully saturated rings.